The number of aliphatic hydroxyl groups is 1. The molecule has 1 aromatic carbocycles. The largest absolute Gasteiger partial charge is 0.512 e. The van der Waals surface area contributed by atoms with E-state index >= 15 is 0 Å². The van der Waals surface area contributed by atoms with E-state index in [1.807, 2.05) is 30.3 Å². The molecule has 2 rings (SSSR count). The zero-order valence-corrected chi connectivity index (χ0v) is 12.3. The van der Waals surface area contributed by atoms with E-state index in [0.29, 0.717) is 12.8 Å². The Kier molecular flexibility index (Phi) is 4.78. The van der Waals surface area contributed by atoms with Crippen molar-refractivity contribution < 1.29 is 19.4 Å². The molecule has 0 bridgehead atoms. The number of carbonyl (C=O) groups excluding carboxylic acids is 2. The van der Waals surface area contributed by atoms with Crippen molar-refractivity contribution in [3.8, 4) is 0 Å². The molecule has 0 amide bonds. The fourth-order valence-electron chi connectivity index (χ4n) is 2.93. The second kappa shape index (κ2) is 6.57. The van der Waals surface area contributed by atoms with Gasteiger partial charge in [-0.1, -0.05) is 30.3 Å². The molecule has 0 unspecified atom stereocenters. The number of esters is 1. The molecule has 0 fully saturated rings. The Hall–Kier alpha value is -2.10. The van der Waals surface area contributed by atoms with Crippen LogP contribution in [0.2, 0.25) is 0 Å². The molecule has 1 aliphatic carbocycles. The highest BCUT2D eigenvalue weighted by Gasteiger charge is 2.39. The van der Waals surface area contributed by atoms with Gasteiger partial charge in [-0.15, -0.1) is 0 Å². The molecule has 1 N–H and O–H groups in total. The quantitative estimate of drug-likeness (QED) is 0.864. The first-order valence-corrected chi connectivity index (χ1v) is 7.20. The van der Waals surface area contributed by atoms with Crippen molar-refractivity contribution in [3.05, 3.63) is 47.2 Å². The van der Waals surface area contributed by atoms with Gasteiger partial charge in [-0.25, -0.2) is 4.79 Å². The number of carbonyl (C=O) groups is 2. The number of aliphatic hydroxyl groups excluding tert-OH is 1. The fourth-order valence-corrected chi connectivity index (χ4v) is 2.93. The molecule has 4 nitrogen and oxygen atoms in total. The molecule has 0 spiro atoms. The minimum Gasteiger partial charge on any atom is -0.512 e. The third-order valence-corrected chi connectivity index (χ3v) is 3.89. The van der Waals surface area contributed by atoms with Crippen LogP contribution in [0.1, 0.15) is 38.2 Å². The Labute approximate surface area is 124 Å². The number of Topliss-reactive ketones (excluding diaryl/α,β-unsaturated/α-hetero) is 1. The summed E-state index contributed by atoms with van der Waals surface area (Å²) in [6.07, 6.45) is 0.880. The first-order valence-electron chi connectivity index (χ1n) is 7.20. The maximum absolute atomic E-state index is 12.2. The molecule has 112 valence electrons. The first kappa shape index (κ1) is 15.3. The van der Waals surface area contributed by atoms with Gasteiger partial charge in [0.05, 0.1) is 12.2 Å². The van der Waals surface area contributed by atoms with E-state index < -0.39 is 11.9 Å². The maximum Gasteiger partial charge on any atom is 0.338 e. The van der Waals surface area contributed by atoms with Gasteiger partial charge in [0.2, 0.25) is 0 Å². The summed E-state index contributed by atoms with van der Waals surface area (Å²) in [5, 5.41) is 10.2. The molecular weight excluding hydrogens is 268 g/mol. The van der Waals surface area contributed by atoms with E-state index in [0.717, 1.165) is 5.56 Å². The lowest BCUT2D eigenvalue weighted by Crippen LogP contribution is -2.30. The number of hydrogen-bond acceptors (Lipinski definition) is 4. The molecular formula is C17H20O4. The molecule has 4 heteroatoms. The van der Waals surface area contributed by atoms with Crippen molar-refractivity contribution in [2.45, 2.75) is 32.6 Å². The van der Waals surface area contributed by atoms with Crippen LogP contribution in [0.15, 0.2) is 41.7 Å². The smallest absolute Gasteiger partial charge is 0.338 e. The fraction of sp³-hybridized carbons (Fsp3) is 0.412. The molecule has 0 aromatic heterocycles. The van der Waals surface area contributed by atoms with Gasteiger partial charge >= 0.3 is 5.97 Å². The summed E-state index contributed by atoms with van der Waals surface area (Å²) in [4.78, 5) is 24.2. The lowest BCUT2D eigenvalue weighted by atomic mass is 9.72. The first-order chi connectivity index (χ1) is 10.1. The van der Waals surface area contributed by atoms with Crippen molar-refractivity contribution in [2.24, 2.45) is 5.92 Å². The van der Waals surface area contributed by atoms with Gasteiger partial charge in [-0.05, 0) is 25.8 Å². The number of rotatable bonds is 4. The Morgan fingerprint density at radius 3 is 2.52 bits per heavy atom. The highest BCUT2D eigenvalue weighted by atomic mass is 16.5. The molecule has 1 aliphatic rings. The SMILES string of the molecule is CCOC(=O)C1=C(O)CC[C@@H](C(C)=O)[C@@H]1c1ccccc1. The molecule has 0 aliphatic heterocycles. The number of benzene rings is 1. The summed E-state index contributed by atoms with van der Waals surface area (Å²) in [6, 6.07) is 9.35. The van der Waals surface area contributed by atoms with E-state index in [-0.39, 0.29) is 29.6 Å². The average Bonchev–Trinajstić information content (AvgIpc) is 2.47. The normalized spacial score (nSPS) is 22.0. The molecule has 0 heterocycles. The molecule has 0 saturated heterocycles. The summed E-state index contributed by atoms with van der Waals surface area (Å²) < 4.78 is 5.06. The van der Waals surface area contributed by atoms with Crippen molar-refractivity contribution in [1.29, 1.82) is 0 Å². The Balaban J connectivity index is 2.51. The summed E-state index contributed by atoms with van der Waals surface area (Å²) in [7, 11) is 0. The van der Waals surface area contributed by atoms with Crippen molar-refractivity contribution in [1.82, 2.24) is 0 Å². The van der Waals surface area contributed by atoms with Gasteiger partial charge in [-0.2, -0.15) is 0 Å². The van der Waals surface area contributed by atoms with Crippen molar-refractivity contribution >= 4 is 11.8 Å². The monoisotopic (exact) mass is 288 g/mol. The highest BCUT2D eigenvalue weighted by molar-refractivity contribution is 5.93. The minimum absolute atomic E-state index is 0.0261. The number of ether oxygens (including phenoxy) is 1. The standard InChI is InChI=1S/C17H20O4/c1-3-21-17(20)16-14(19)10-9-13(11(2)18)15(16)12-7-5-4-6-8-12/h4-8,13,15,19H,3,9-10H2,1-2H3/t13-,15-/m0/s1. The van der Waals surface area contributed by atoms with E-state index in [1.165, 1.54) is 6.92 Å². The van der Waals surface area contributed by atoms with E-state index in [1.54, 1.807) is 6.92 Å². The third-order valence-electron chi connectivity index (χ3n) is 3.89. The minimum atomic E-state index is -0.533. The van der Waals surface area contributed by atoms with Gasteiger partial charge in [0, 0.05) is 18.3 Å². The van der Waals surface area contributed by atoms with Gasteiger partial charge in [0.1, 0.15) is 11.5 Å². The van der Waals surface area contributed by atoms with Crippen LogP contribution in [-0.4, -0.2) is 23.5 Å². The maximum atomic E-state index is 12.2. The van der Waals surface area contributed by atoms with Crippen molar-refractivity contribution in [3.63, 3.8) is 0 Å². The highest BCUT2D eigenvalue weighted by Crippen LogP contribution is 2.42. The molecule has 21 heavy (non-hydrogen) atoms. The van der Waals surface area contributed by atoms with Crippen LogP contribution in [-0.2, 0) is 14.3 Å². The number of ketones is 1. The Morgan fingerprint density at radius 2 is 1.95 bits per heavy atom. The Morgan fingerprint density at radius 1 is 1.29 bits per heavy atom. The summed E-state index contributed by atoms with van der Waals surface area (Å²) in [5.74, 6) is -1.20. The molecule has 2 atom stereocenters. The van der Waals surface area contributed by atoms with Crippen LogP contribution in [0.3, 0.4) is 0 Å². The zero-order valence-electron chi connectivity index (χ0n) is 12.3. The van der Waals surface area contributed by atoms with E-state index in [2.05, 4.69) is 0 Å². The van der Waals surface area contributed by atoms with Gasteiger partial charge in [-0.3, -0.25) is 4.79 Å². The second-order valence-corrected chi connectivity index (χ2v) is 5.23. The predicted octanol–water partition coefficient (Wildman–Crippen LogP) is 3.14. The van der Waals surface area contributed by atoms with Crippen LogP contribution in [0, 0.1) is 5.92 Å². The van der Waals surface area contributed by atoms with Gasteiger partial charge < -0.3 is 9.84 Å². The third kappa shape index (κ3) is 3.15. The lowest BCUT2D eigenvalue weighted by molar-refractivity contribution is -0.139. The van der Waals surface area contributed by atoms with Crippen LogP contribution in [0.5, 0.6) is 0 Å². The topological polar surface area (TPSA) is 63.6 Å². The lowest BCUT2D eigenvalue weighted by Gasteiger charge is -2.31. The van der Waals surface area contributed by atoms with Crippen LogP contribution < -0.4 is 0 Å². The summed E-state index contributed by atoms with van der Waals surface area (Å²) in [5.41, 5.74) is 1.08. The van der Waals surface area contributed by atoms with E-state index in [4.69, 9.17) is 4.74 Å². The Bertz CT molecular complexity index is 559. The van der Waals surface area contributed by atoms with Gasteiger partial charge in [0.25, 0.3) is 0 Å². The zero-order chi connectivity index (χ0) is 15.4. The van der Waals surface area contributed by atoms with Crippen LogP contribution in [0.25, 0.3) is 0 Å². The van der Waals surface area contributed by atoms with Crippen LogP contribution in [0.4, 0.5) is 0 Å². The average molecular weight is 288 g/mol. The summed E-state index contributed by atoms with van der Waals surface area (Å²) >= 11 is 0. The predicted molar refractivity (Wildman–Crippen MR) is 78.9 cm³/mol. The molecule has 0 radical (unpaired) electrons. The molecule has 1 aromatic rings. The number of hydrogen-bond donors (Lipinski definition) is 1. The van der Waals surface area contributed by atoms with Crippen LogP contribution >= 0.6 is 0 Å². The molecule has 0 saturated carbocycles. The summed E-state index contributed by atoms with van der Waals surface area (Å²) in [6.45, 7) is 3.49. The van der Waals surface area contributed by atoms with E-state index in [9.17, 15) is 14.7 Å². The van der Waals surface area contributed by atoms with Gasteiger partial charge in [0.15, 0.2) is 0 Å². The second-order valence-electron chi connectivity index (χ2n) is 5.23. The van der Waals surface area contributed by atoms with Crippen molar-refractivity contribution in [2.75, 3.05) is 6.61 Å². The number of allylic oxidation sites excluding steroid dienone is 1.